The number of piperidine rings is 1. The number of alkyl halides is 2. The van der Waals surface area contributed by atoms with E-state index in [0.717, 1.165) is 41.0 Å². The van der Waals surface area contributed by atoms with Crippen LogP contribution in [0.1, 0.15) is 67.5 Å². The van der Waals surface area contributed by atoms with Crippen LogP contribution in [0.2, 0.25) is 0 Å². The van der Waals surface area contributed by atoms with E-state index >= 15 is 0 Å². The smallest absolute Gasteiger partial charge is 0.262 e. The molecule has 2 aliphatic rings. The molecule has 1 aromatic carbocycles. The summed E-state index contributed by atoms with van der Waals surface area (Å²) in [7, 11) is 0. The first-order valence-corrected chi connectivity index (χ1v) is 13.7. The fraction of sp³-hybridized carbons (Fsp3) is 0.533. The minimum atomic E-state index is -2.85. The molecule has 204 valence electrons. The maximum Gasteiger partial charge on any atom is 0.262 e. The van der Waals surface area contributed by atoms with Gasteiger partial charge in [-0.1, -0.05) is 19.9 Å². The quantitative estimate of drug-likeness (QED) is 0.454. The second-order valence-electron chi connectivity index (χ2n) is 11.5. The molecule has 3 aromatic rings. The van der Waals surface area contributed by atoms with Gasteiger partial charge in [0.25, 0.3) is 5.92 Å². The van der Waals surface area contributed by atoms with Crippen LogP contribution in [0.3, 0.4) is 0 Å². The van der Waals surface area contributed by atoms with Crippen molar-refractivity contribution < 1.29 is 18.7 Å². The molecule has 2 aromatic heterocycles. The molecule has 1 atom stereocenters. The lowest BCUT2D eigenvalue weighted by Gasteiger charge is -2.34. The van der Waals surface area contributed by atoms with Crippen molar-refractivity contribution in [2.75, 3.05) is 32.8 Å². The third kappa shape index (κ3) is 5.34. The van der Waals surface area contributed by atoms with Crippen LogP contribution in [0.25, 0.3) is 22.2 Å². The highest BCUT2D eigenvalue weighted by Crippen LogP contribution is 2.39. The van der Waals surface area contributed by atoms with Crippen molar-refractivity contribution >= 4 is 16.8 Å². The van der Waals surface area contributed by atoms with Gasteiger partial charge >= 0.3 is 0 Å². The zero-order chi connectivity index (χ0) is 27.2. The van der Waals surface area contributed by atoms with Gasteiger partial charge < -0.3 is 15.0 Å². The molecule has 2 N–H and O–H groups in total. The standard InChI is InChI=1S/C30H38F2N4O2/c1-18(2)28-25-13-22(5-6-26(25)34-29(28)23-11-19(3)33-20(4)12-23)21-7-9-35(10-8-21)27(38)15-36-17-30(31,32)14-24(36)16-37/h5-6,11-13,18,21,24,34,37H,7-10,14-17H2,1-4H3. The number of halogens is 2. The first kappa shape index (κ1) is 26.8. The highest BCUT2D eigenvalue weighted by Gasteiger charge is 2.45. The minimum absolute atomic E-state index is 0.0602. The van der Waals surface area contributed by atoms with E-state index in [4.69, 9.17) is 0 Å². The number of rotatable bonds is 6. The summed E-state index contributed by atoms with van der Waals surface area (Å²) in [4.78, 5) is 24.3. The summed E-state index contributed by atoms with van der Waals surface area (Å²) < 4.78 is 27.6. The second kappa shape index (κ2) is 10.4. The van der Waals surface area contributed by atoms with Gasteiger partial charge in [-0.3, -0.25) is 14.7 Å². The molecule has 8 heteroatoms. The molecular formula is C30H38F2N4O2. The molecule has 2 saturated heterocycles. The van der Waals surface area contributed by atoms with Crippen LogP contribution in [0.4, 0.5) is 8.78 Å². The van der Waals surface area contributed by atoms with E-state index in [9.17, 15) is 18.7 Å². The molecule has 0 radical (unpaired) electrons. The first-order chi connectivity index (χ1) is 18.0. The van der Waals surface area contributed by atoms with Gasteiger partial charge in [0.2, 0.25) is 5.91 Å². The zero-order valence-electron chi connectivity index (χ0n) is 22.7. The van der Waals surface area contributed by atoms with E-state index in [2.05, 4.69) is 54.1 Å². The number of carbonyl (C=O) groups is 1. The van der Waals surface area contributed by atoms with E-state index in [0.29, 0.717) is 24.9 Å². The number of nitrogens with one attached hydrogen (secondary N) is 1. The molecule has 38 heavy (non-hydrogen) atoms. The topological polar surface area (TPSA) is 72.5 Å². The lowest BCUT2D eigenvalue weighted by Crippen LogP contribution is -2.46. The third-order valence-corrected chi connectivity index (χ3v) is 8.16. The van der Waals surface area contributed by atoms with Gasteiger partial charge in [0.1, 0.15) is 0 Å². The summed E-state index contributed by atoms with van der Waals surface area (Å²) in [6.07, 6.45) is 1.29. The van der Waals surface area contributed by atoms with Gasteiger partial charge in [-0.05, 0) is 73.9 Å². The highest BCUT2D eigenvalue weighted by molar-refractivity contribution is 5.92. The van der Waals surface area contributed by atoms with Crippen LogP contribution >= 0.6 is 0 Å². The van der Waals surface area contributed by atoms with Crippen molar-refractivity contribution in [2.45, 2.75) is 70.8 Å². The lowest BCUT2D eigenvalue weighted by molar-refractivity contribution is -0.134. The normalized spacial score (nSPS) is 20.6. The number of nitrogens with zero attached hydrogens (tertiary/aromatic N) is 3. The van der Waals surface area contributed by atoms with Crippen molar-refractivity contribution in [2.24, 2.45) is 0 Å². The van der Waals surface area contributed by atoms with E-state index in [1.165, 1.54) is 21.4 Å². The summed E-state index contributed by atoms with van der Waals surface area (Å²) in [5.74, 6) is -2.30. The molecule has 0 saturated carbocycles. The summed E-state index contributed by atoms with van der Waals surface area (Å²) in [5.41, 5.74) is 8.01. The minimum Gasteiger partial charge on any atom is -0.395 e. The van der Waals surface area contributed by atoms with E-state index in [1.807, 2.05) is 13.8 Å². The lowest BCUT2D eigenvalue weighted by atomic mass is 9.87. The van der Waals surface area contributed by atoms with Crippen LogP contribution in [-0.4, -0.2) is 75.5 Å². The van der Waals surface area contributed by atoms with Crippen LogP contribution < -0.4 is 0 Å². The number of likely N-dealkylation sites (tertiary alicyclic amines) is 2. The Morgan fingerprint density at radius 1 is 1.16 bits per heavy atom. The Morgan fingerprint density at radius 2 is 1.84 bits per heavy atom. The number of hydrogen-bond acceptors (Lipinski definition) is 4. The van der Waals surface area contributed by atoms with Crippen molar-refractivity contribution in [1.82, 2.24) is 19.8 Å². The predicted molar refractivity (Wildman–Crippen MR) is 146 cm³/mol. The van der Waals surface area contributed by atoms with Gasteiger partial charge in [0, 0.05) is 53.4 Å². The number of aliphatic hydroxyl groups is 1. The van der Waals surface area contributed by atoms with Crippen molar-refractivity contribution in [1.29, 1.82) is 0 Å². The Kier molecular flexibility index (Phi) is 7.31. The van der Waals surface area contributed by atoms with Gasteiger partial charge in [0.15, 0.2) is 0 Å². The first-order valence-electron chi connectivity index (χ1n) is 13.7. The number of benzene rings is 1. The number of H-pyrrole nitrogens is 1. The van der Waals surface area contributed by atoms with Crippen molar-refractivity contribution in [3.8, 4) is 11.3 Å². The third-order valence-electron chi connectivity index (χ3n) is 8.16. The molecule has 4 heterocycles. The van der Waals surface area contributed by atoms with Crippen molar-refractivity contribution in [3.05, 3.63) is 52.8 Å². The molecule has 1 unspecified atom stereocenters. The number of fused-ring (bicyclic) bond motifs is 1. The van der Waals surface area contributed by atoms with Crippen LogP contribution in [0.5, 0.6) is 0 Å². The molecule has 0 spiro atoms. The maximum absolute atomic E-state index is 13.8. The Bertz CT molecular complexity index is 1310. The highest BCUT2D eigenvalue weighted by atomic mass is 19.3. The molecule has 6 nitrogen and oxygen atoms in total. The van der Waals surface area contributed by atoms with Crippen molar-refractivity contribution in [3.63, 3.8) is 0 Å². The van der Waals surface area contributed by atoms with Gasteiger partial charge in [-0.15, -0.1) is 0 Å². The van der Waals surface area contributed by atoms with Gasteiger partial charge in [0.05, 0.1) is 25.4 Å². The number of aryl methyl sites for hydroxylation is 2. The molecule has 0 aliphatic carbocycles. The number of aliphatic hydroxyl groups excluding tert-OH is 1. The van der Waals surface area contributed by atoms with Crippen LogP contribution in [0.15, 0.2) is 30.3 Å². The molecular weight excluding hydrogens is 486 g/mol. The fourth-order valence-electron chi connectivity index (χ4n) is 6.36. The summed E-state index contributed by atoms with van der Waals surface area (Å²) in [5, 5.41) is 10.7. The van der Waals surface area contributed by atoms with Crippen LogP contribution in [0, 0.1) is 13.8 Å². The monoisotopic (exact) mass is 524 g/mol. The summed E-state index contributed by atoms with van der Waals surface area (Å²) in [6, 6.07) is 10.3. The number of aromatic amines is 1. The zero-order valence-corrected chi connectivity index (χ0v) is 22.7. The molecule has 5 rings (SSSR count). The molecule has 1 amide bonds. The van der Waals surface area contributed by atoms with Gasteiger partial charge in [-0.2, -0.15) is 0 Å². The Morgan fingerprint density at radius 3 is 2.47 bits per heavy atom. The number of pyridine rings is 1. The fourth-order valence-corrected chi connectivity index (χ4v) is 6.36. The van der Waals surface area contributed by atoms with E-state index < -0.39 is 18.5 Å². The maximum atomic E-state index is 13.8. The molecule has 0 bridgehead atoms. The summed E-state index contributed by atoms with van der Waals surface area (Å²) >= 11 is 0. The van der Waals surface area contributed by atoms with E-state index in [-0.39, 0.29) is 25.5 Å². The van der Waals surface area contributed by atoms with Gasteiger partial charge in [-0.25, -0.2) is 8.78 Å². The predicted octanol–water partition coefficient (Wildman–Crippen LogP) is 5.38. The molecule has 2 fully saturated rings. The number of carbonyl (C=O) groups excluding carboxylic acids is 1. The number of hydrogen-bond donors (Lipinski definition) is 2. The Labute approximate surface area is 223 Å². The molecule has 2 aliphatic heterocycles. The second-order valence-corrected chi connectivity index (χ2v) is 11.5. The largest absolute Gasteiger partial charge is 0.395 e. The van der Waals surface area contributed by atoms with Crippen LogP contribution in [-0.2, 0) is 4.79 Å². The number of aromatic nitrogens is 2. The summed E-state index contributed by atoms with van der Waals surface area (Å²) in [6.45, 7) is 8.84. The average Bonchev–Trinajstić information content (AvgIpc) is 3.39. The Hall–Kier alpha value is -2.84. The van der Waals surface area contributed by atoms with E-state index in [1.54, 1.807) is 4.90 Å². The SMILES string of the molecule is Cc1cc(-c2[nH]c3ccc(C4CCN(C(=O)CN5CC(F)(F)CC5CO)CC4)cc3c2C(C)C)cc(C)n1. The Balaban J connectivity index is 1.31. The average molecular weight is 525 g/mol. The number of amides is 1.